The lowest BCUT2D eigenvalue weighted by atomic mass is 10.2. The third-order valence-corrected chi connectivity index (χ3v) is 6.21. The largest absolute Gasteiger partial charge is 0.497 e. The van der Waals surface area contributed by atoms with Crippen LogP contribution in [-0.4, -0.2) is 52.9 Å². The molecule has 3 rings (SSSR count). The SMILES string of the molecule is COc1cccc(N2CCC(N(OC)C(=O)C3(Cl)CC3(Cl)Cl)C2=O)c1. The molecule has 1 aliphatic carbocycles. The van der Waals surface area contributed by atoms with Crippen LogP contribution in [0.4, 0.5) is 5.69 Å². The van der Waals surface area contributed by atoms with Crippen molar-refractivity contribution in [2.75, 3.05) is 25.7 Å². The maximum absolute atomic E-state index is 12.8. The van der Waals surface area contributed by atoms with Gasteiger partial charge in [-0.25, -0.2) is 5.06 Å². The van der Waals surface area contributed by atoms with Crippen molar-refractivity contribution in [3.63, 3.8) is 0 Å². The van der Waals surface area contributed by atoms with Gasteiger partial charge in [-0.3, -0.25) is 14.4 Å². The van der Waals surface area contributed by atoms with Gasteiger partial charge in [0.05, 0.1) is 14.2 Å². The number of hydrogen-bond acceptors (Lipinski definition) is 4. The van der Waals surface area contributed by atoms with E-state index in [1.54, 1.807) is 36.3 Å². The van der Waals surface area contributed by atoms with Gasteiger partial charge in [-0.2, -0.15) is 0 Å². The van der Waals surface area contributed by atoms with Crippen LogP contribution >= 0.6 is 34.8 Å². The Labute approximate surface area is 160 Å². The molecular formula is C16H17Cl3N2O4. The van der Waals surface area contributed by atoms with Crippen molar-refractivity contribution in [3.8, 4) is 5.75 Å². The second-order valence-electron chi connectivity index (χ2n) is 5.99. The predicted molar refractivity (Wildman–Crippen MR) is 95.2 cm³/mol. The van der Waals surface area contributed by atoms with Gasteiger partial charge in [0.15, 0.2) is 4.87 Å². The van der Waals surface area contributed by atoms with Crippen molar-refractivity contribution in [1.29, 1.82) is 0 Å². The van der Waals surface area contributed by atoms with Crippen molar-refractivity contribution in [2.24, 2.45) is 0 Å². The summed E-state index contributed by atoms with van der Waals surface area (Å²) in [5, 5.41) is 0.988. The molecule has 0 N–H and O–H groups in total. The summed E-state index contributed by atoms with van der Waals surface area (Å²) in [5.41, 5.74) is 0.686. The first-order valence-corrected chi connectivity index (χ1v) is 8.78. The molecule has 2 unspecified atom stereocenters. The molecule has 0 spiro atoms. The number of hydroxylamine groups is 2. The molecule has 25 heavy (non-hydrogen) atoms. The number of anilines is 1. The average molecular weight is 408 g/mol. The van der Waals surface area contributed by atoms with Gasteiger partial charge in [-0.15, -0.1) is 11.6 Å². The van der Waals surface area contributed by atoms with Crippen LogP contribution in [-0.2, 0) is 14.4 Å². The summed E-state index contributed by atoms with van der Waals surface area (Å²) in [6, 6.07) is 6.35. The monoisotopic (exact) mass is 406 g/mol. The van der Waals surface area contributed by atoms with Gasteiger partial charge in [-0.05, 0) is 18.6 Å². The number of carbonyl (C=O) groups excluding carboxylic acids is 2. The summed E-state index contributed by atoms with van der Waals surface area (Å²) in [6.07, 6.45) is 0.504. The molecule has 2 amide bonds. The third kappa shape index (κ3) is 3.05. The Bertz CT molecular complexity index is 714. The van der Waals surface area contributed by atoms with Gasteiger partial charge in [0.2, 0.25) is 0 Å². The minimum absolute atomic E-state index is 0.101. The predicted octanol–water partition coefficient (Wildman–Crippen LogP) is 2.75. The molecule has 9 heteroatoms. The zero-order valence-electron chi connectivity index (χ0n) is 13.7. The fraction of sp³-hybridized carbons (Fsp3) is 0.500. The van der Waals surface area contributed by atoms with Gasteiger partial charge in [0, 0.05) is 24.7 Å². The van der Waals surface area contributed by atoms with Gasteiger partial charge in [0.25, 0.3) is 11.8 Å². The number of rotatable bonds is 5. The molecule has 1 aromatic carbocycles. The molecule has 0 bridgehead atoms. The van der Waals surface area contributed by atoms with E-state index in [0.29, 0.717) is 24.4 Å². The minimum Gasteiger partial charge on any atom is -0.497 e. The highest BCUT2D eigenvalue weighted by atomic mass is 35.5. The number of alkyl halides is 3. The highest BCUT2D eigenvalue weighted by Crippen LogP contribution is 2.62. The van der Waals surface area contributed by atoms with Crippen LogP contribution in [0.5, 0.6) is 5.75 Å². The standard InChI is InChI=1S/C16H17Cl3N2O4/c1-24-11-5-3-4-10(8-11)20-7-6-12(13(20)22)21(25-2)14(23)15(17)9-16(15,18)19/h3-5,8,12H,6-7,9H2,1-2H3. The van der Waals surface area contributed by atoms with Gasteiger partial charge < -0.3 is 9.64 Å². The molecule has 136 valence electrons. The molecule has 2 atom stereocenters. The fourth-order valence-corrected chi connectivity index (χ4v) is 3.92. The number of carbonyl (C=O) groups is 2. The van der Waals surface area contributed by atoms with Crippen molar-refractivity contribution in [1.82, 2.24) is 5.06 Å². The summed E-state index contributed by atoms with van der Waals surface area (Å²) in [4.78, 5) is 30.8. The Balaban J connectivity index is 1.79. The molecular weight excluding hydrogens is 391 g/mol. The maximum atomic E-state index is 12.8. The molecule has 1 saturated heterocycles. The first-order valence-electron chi connectivity index (χ1n) is 7.65. The van der Waals surface area contributed by atoms with Crippen LogP contribution in [0.1, 0.15) is 12.8 Å². The summed E-state index contributed by atoms with van der Waals surface area (Å²) in [6.45, 7) is 0.436. The lowest BCUT2D eigenvalue weighted by Crippen LogP contribution is -2.49. The van der Waals surface area contributed by atoms with Crippen LogP contribution in [0.15, 0.2) is 24.3 Å². The van der Waals surface area contributed by atoms with Crippen molar-refractivity contribution >= 4 is 52.3 Å². The van der Waals surface area contributed by atoms with Crippen LogP contribution in [0.25, 0.3) is 0 Å². The third-order valence-electron chi connectivity index (χ3n) is 4.48. The zero-order valence-corrected chi connectivity index (χ0v) is 15.9. The normalized spacial score (nSPS) is 27.3. The van der Waals surface area contributed by atoms with Crippen LogP contribution < -0.4 is 9.64 Å². The van der Waals surface area contributed by atoms with E-state index in [-0.39, 0.29) is 12.3 Å². The van der Waals surface area contributed by atoms with E-state index in [0.717, 1.165) is 5.06 Å². The molecule has 0 radical (unpaired) electrons. The van der Waals surface area contributed by atoms with E-state index in [9.17, 15) is 9.59 Å². The summed E-state index contributed by atoms with van der Waals surface area (Å²) in [5.74, 6) is -0.230. The lowest BCUT2D eigenvalue weighted by molar-refractivity contribution is -0.189. The highest BCUT2D eigenvalue weighted by molar-refractivity contribution is 6.62. The molecule has 1 saturated carbocycles. The number of nitrogens with zero attached hydrogens (tertiary/aromatic N) is 2. The van der Waals surface area contributed by atoms with Crippen molar-refractivity contribution in [2.45, 2.75) is 28.1 Å². The molecule has 1 aliphatic heterocycles. The van der Waals surface area contributed by atoms with E-state index in [4.69, 9.17) is 44.4 Å². The Kier molecular flexibility index (Phi) is 4.83. The Morgan fingerprint density at radius 3 is 2.56 bits per heavy atom. The van der Waals surface area contributed by atoms with Gasteiger partial charge >= 0.3 is 0 Å². The van der Waals surface area contributed by atoms with Crippen molar-refractivity contribution < 1.29 is 19.2 Å². The molecule has 2 fully saturated rings. The van der Waals surface area contributed by atoms with E-state index < -0.39 is 21.2 Å². The minimum atomic E-state index is -1.46. The Morgan fingerprint density at radius 2 is 2.00 bits per heavy atom. The first-order chi connectivity index (χ1) is 11.7. The molecule has 6 nitrogen and oxygen atoms in total. The van der Waals surface area contributed by atoms with E-state index >= 15 is 0 Å². The number of hydrogen-bond donors (Lipinski definition) is 0. The second kappa shape index (κ2) is 6.50. The van der Waals surface area contributed by atoms with E-state index in [2.05, 4.69) is 0 Å². The number of methoxy groups -OCH3 is 1. The topological polar surface area (TPSA) is 59.1 Å². The second-order valence-corrected chi connectivity index (χ2v) is 8.12. The lowest BCUT2D eigenvalue weighted by Gasteiger charge is -2.27. The molecule has 0 aromatic heterocycles. The zero-order chi connectivity index (χ0) is 18.4. The number of ether oxygens (including phenoxy) is 1. The maximum Gasteiger partial charge on any atom is 0.271 e. The van der Waals surface area contributed by atoms with E-state index in [1.165, 1.54) is 7.11 Å². The molecule has 2 aliphatic rings. The Hall–Kier alpha value is -1.21. The van der Waals surface area contributed by atoms with Gasteiger partial charge in [0.1, 0.15) is 16.1 Å². The number of benzene rings is 1. The summed E-state index contributed by atoms with van der Waals surface area (Å²) in [7, 11) is 2.87. The van der Waals surface area contributed by atoms with Crippen LogP contribution in [0.3, 0.4) is 0 Å². The van der Waals surface area contributed by atoms with Crippen LogP contribution in [0.2, 0.25) is 0 Å². The summed E-state index contributed by atoms with van der Waals surface area (Å²) >= 11 is 18.1. The summed E-state index contributed by atoms with van der Waals surface area (Å²) < 4.78 is 3.83. The quantitative estimate of drug-likeness (QED) is 0.556. The van der Waals surface area contributed by atoms with E-state index in [1.807, 2.05) is 0 Å². The van der Waals surface area contributed by atoms with Crippen LogP contribution in [0, 0.1) is 0 Å². The number of halogens is 3. The fourth-order valence-electron chi connectivity index (χ4n) is 2.94. The van der Waals surface area contributed by atoms with Gasteiger partial charge in [-0.1, -0.05) is 29.3 Å². The molecule has 1 heterocycles. The smallest absolute Gasteiger partial charge is 0.271 e. The number of amides is 2. The Morgan fingerprint density at radius 1 is 1.32 bits per heavy atom. The molecule has 1 aromatic rings. The average Bonchev–Trinajstić information content (AvgIpc) is 2.91. The highest BCUT2D eigenvalue weighted by Gasteiger charge is 2.72. The first kappa shape index (κ1) is 18.6. The van der Waals surface area contributed by atoms with Crippen molar-refractivity contribution in [3.05, 3.63) is 24.3 Å².